The molecule has 14 heavy (non-hydrogen) atoms. The predicted molar refractivity (Wildman–Crippen MR) is 47.0 cm³/mol. The molecule has 0 saturated heterocycles. The molecule has 1 atom stereocenters. The van der Waals surface area contributed by atoms with Gasteiger partial charge in [0.2, 0.25) is 0 Å². The third-order valence-electron chi connectivity index (χ3n) is 1.75. The molecule has 0 saturated carbocycles. The van der Waals surface area contributed by atoms with Crippen molar-refractivity contribution in [2.24, 2.45) is 5.73 Å². The van der Waals surface area contributed by atoms with E-state index < -0.39 is 35.1 Å². The van der Waals surface area contributed by atoms with Crippen molar-refractivity contribution in [3.63, 3.8) is 0 Å². The van der Waals surface area contributed by atoms with Crippen molar-refractivity contribution < 1.29 is 19.0 Å². The first-order chi connectivity index (χ1) is 6.49. The van der Waals surface area contributed by atoms with E-state index in [0.717, 1.165) is 0 Å². The summed E-state index contributed by atoms with van der Waals surface area (Å²) in [6, 6.07) is -0.482. The minimum atomic E-state index is -1.15. The Bertz CT molecular complexity index is 360. The van der Waals surface area contributed by atoms with Gasteiger partial charge in [0, 0.05) is 6.07 Å². The molecule has 78 valence electrons. The lowest BCUT2D eigenvalue weighted by Gasteiger charge is -2.12. The lowest BCUT2D eigenvalue weighted by molar-refractivity contribution is 0.262. The number of nitrogens with two attached hydrogens (primary N) is 1. The molecule has 1 rings (SSSR count). The summed E-state index contributed by atoms with van der Waals surface area (Å²) in [5.41, 5.74) is 4.89. The highest BCUT2D eigenvalue weighted by atomic mass is 35.5. The molecule has 6 heteroatoms. The maximum atomic E-state index is 13.2. The van der Waals surface area contributed by atoms with E-state index in [-0.39, 0.29) is 5.56 Å². The van der Waals surface area contributed by atoms with Crippen molar-refractivity contribution >= 4 is 11.6 Å². The number of halogens is 3. The molecule has 1 aromatic rings. The van der Waals surface area contributed by atoms with Crippen LogP contribution in [-0.4, -0.2) is 16.8 Å². The van der Waals surface area contributed by atoms with Crippen LogP contribution < -0.4 is 5.73 Å². The lowest BCUT2D eigenvalue weighted by atomic mass is 10.1. The van der Waals surface area contributed by atoms with Crippen LogP contribution in [-0.2, 0) is 0 Å². The fraction of sp³-hybridized carbons (Fsp3) is 0.250. The highest BCUT2D eigenvalue weighted by Gasteiger charge is 2.21. The number of phenols is 1. The van der Waals surface area contributed by atoms with Gasteiger partial charge in [-0.25, -0.2) is 8.78 Å². The SMILES string of the molecule is NC(CO)c1c(O)cc(F)c(Cl)c1F. The number of phenolic OH excluding ortho intramolecular Hbond substituents is 1. The van der Waals surface area contributed by atoms with E-state index in [0.29, 0.717) is 6.07 Å². The molecule has 0 aliphatic carbocycles. The zero-order valence-electron chi connectivity index (χ0n) is 6.97. The molecule has 3 nitrogen and oxygen atoms in total. The minimum absolute atomic E-state index is 0.390. The Hall–Kier alpha value is -0.910. The summed E-state index contributed by atoms with van der Waals surface area (Å²) in [6.07, 6.45) is 0. The van der Waals surface area contributed by atoms with E-state index in [1.165, 1.54) is 0 Å². The highest BCUT2D eigenvalue weighted by Crippen LogP contribution is 2.32. The molecule has 1 unspecified atom stereocenters. The summed E-state index contributed by atoms with van der Waals surface area (Å²) in [5, 5.41) is 17.1. The van der Waals surface area contributed by atoms with Gasteiger partial charge in [0.05, 0.1) is 18.2 Å². The second-order valence-corrected chi connectivity index (χ2v) is 3.09. The van der Waals surface area contributed by atoms with Crippen molar-refractivity contribution in [2.75, 3.05) is 6.61 Å². The maximum Gasteiger partial charge on any atom is 0.153 e. The largest absolute Gasteiger partial charge is 0.507 e. The molecule has 0 radical (unpaired) electrons. The molecule has 0 heterocycles. The number of aliphatic hydroxyl groups excluding tert-OH is 1. The molecule has 0 aromatic heterocycles. The molecule has 0 spiro atoms. The summed E-state index contributed by atoms with van der Waals surface area (Å²) in [6.45, 7) is -0.577. The molecular weight excluding hydrogens is 216 g/mol. The third-order valence-corrected chi connectivity index (χ3v) is 2.09. The fourth-order valence-corrected chi connectivity index (χ4v) is 1.20. The van der Waals surface area contributed by atoms with Gasteiger partial charge >= 0.3 is 0 Å². The van der Waals surface area contributed by atoms with Crippen LogP contribution in [0, 0.1) is 11.6 Å². The Morgan fingerprint density at radius 2 is 2.07 bits per heavy atom. The van der Waals surface area contributed by atoms with E-state index in [2.05, 4.69) is 0 Å². The van der Waals surface area contributed by atoms with Crippen LogP contribution >= 0.6 is 11.6 Å². The van der Waals surface area contributed by atoms with E-state index in [9.17, 15) is 8.78 Å². The molecule has 0 amide bonds. The van der Waals surface area contributed by atoms with Gasteiger partial charge in [0.1, 0.15) is 16.6 Å². The van der Waals surface area contributed by atoms with Crippen LogP contribution in [0.3, 0.4) is 0 Å². The quantitative estimate of drug-likeness (QED) is 0.663. The fourth-order valence-electron chi connectivity index (χ4n) is 1.04. The Labute approximate surface area is 83.7 Å². The number of benzene rings is 1. The Balaban J connectivity index is 3.36. The van der Waals surface area contributed by atoms with Crippen molar-refractivity contribution in [2.45, 2.75) is 6.04 Å². The number of hydrogen-bond acceptors (Lipinski definition) is 3. The first-order valence-corrected chi connectivity index (χ1v) is 4.09. The highest BCUT2D eigenvalue weighted by molar-refractivity contribution is 6.31. The van der Waals surface area contributed by atoms with Crippen LogP contribution in [0.25, 0.3) is 0 Å². The topological polar surface area (TPSA) is 66.5 Å². The Morgan fingerprint density at radius 1 is 1.50 bits per heavy atom. The standard InChI is InChI=1S/C8H8ClF2NO2/c9-7-3(10)1-5(14)6(8(7)11)4(12)2-13/h1,4,13-14H,2,12H2. The van der Waals surface area contributed by atoms with Crippen molar-refractivity contribution in [1.29, 1.82) is 0 Å². The molecule has 4 N–H and O–H groups in total. The van der Waals surface area contributed by atoms with Crippen molar-refractivity contribution in [1.82, 2.24) is 0 Å². The molecule has 0 aliphatic heterocycles. The summed E-state index contributed by atoms with van der Waals surface area (Å²) in [7, 11) is 0. The summed E-state index contributed by atoms with van der Waals surface area (Å²) in [5.74, 6) is -2.88. The van der Waals surface area contributed by atoms with E-state index in [4.69, 9.17) is 27.5 Å². The van der Waals surface area contributed by atoms with E-state index in [1.54, 1.807) is 0 Å². The summed E-state index contributed by atoms with van der Waals surface area (Å²) < 4.78 is 26.0. The first-order valence-electron chi connectivity index (χ1n) is 3.71. The Morgan fingerprint density at radius 3 is 2.57 bits per heavy atom. The summed E-state index contributed by atoms with van der Waals surface area (Å²) >= 11 is 5.26. The normalized spacial score (nSPS) is 12.9. The lowest BCUT2D eigenvalue weighted by Crippen LogP contribution is -2.16. The molecule has 0 bridgehead atoms. The smallest absolute Gasteiger partial charge is 0.153 e. The van der Waals surface area contributed by atoms with E-state index >= 15 is 0 Å². The van der Waals surface area contributed by atoms with Crippen LogP contribution in [0.5, 0.6) is 5.75 Å². The van der Waals surface area contributed by atoms with Gasteiger partial charge in [-0.3, -0.25) is 0 Å². The second kappa shape index (κ2) is 4.08. The van der Waals surface area contributed by atoms with Gasteiger partial charge in [-0.15, -0.1) is 0 Å². The van der Waals surface area contributed by atoms with Gasteiger partial charge in [-0.2, -0.15) is 0 Å². The molecule has 0 fully saturated rings. The number of aliphatic hydroxyl groups is 1. The van der Waals surface area contributed by atoms with Crippen LogP contribution in [0.15, 0.2) is 6.07 Å². The zero-order chi connectivity index (χ0) is 10.9. The second-order valence-electron chi connectivity index (χ2n) is 2.71. The van der Waals surface area contributed by atoms with Crippen molar-refractivity contribution in [3.05, 3.63) is 28.3 Å². The molecular formula is C8H8ClF2NO2. The monoisotopic (exact) mass is 223 g/mol. The number of hydrogen-bond donors (Lipinski definition) is 3. The minimum Gasteiger partial charge on any atom is -0.507 e. The van der Waals surface area contributed by atoms with Gasteiger partial charge in [-0.05, 0) is 0 Å². The van der Waals surface area contributed by atoms with Gasteiger partial charge in [0.25, 0.3) is 0 Å². The summed E-state index contributed by atoms with van der Waals surface area (Å²) in [4.78, 5) is 0. The Kier molecular flexibility index (Phi) is 3.25. The van der Waals surface area contributed by atoms with E-state index in [1.807, 2.05) is 0 Å². The van der Waals surface area contributed by atoms with Gasteiger partial charge < -0.3 is 15.9 Å². The number of rotatable bonds is 2. The molecule has 0 aliphatic rings. The van der Waals surface area contributed by atoms with Crippen molar-refractivity contribution in [3.8, 4) is 5.75 Å². The molecule has 1 aromatic carbocycles. The average molecular weight is 224 g/mol. The van der Waals surface area contributed by atoms with Gasteiger partial charge in [0.15, 0.2) is 5.82 Å². The average Bonchev–Trinajstić information content (AvgIpc) is 2.14. The number of aromatic hydroxyl groups is 1. The predicted octanol–water partition coefficient (Wildman–Crippen LogP) is 1.32. The van der Waals surface area contributed by atoms with Crippen LogP contribution in [0.2, 0.25) is 5.02 Å². The zero-order valence-corrected chi connectivity index (χ0v) is 7.72. The maximum absolute atomic E-state index is 13.2. The van der Waals surface area contributed by atoms with Crippen LogP contribution in [0.4, 0.5) is 8.78 Å². The third kappa shape index (κ3) is 1.79. The van der Waals surface area contributed by atoms with Gasteiger partial charge in [-0.1, -0.05) is 11.6 Å². The van der Waals surface area contributed by atoms with Crippen LogP contribution in [0.1, 0.15) is 11.6 Å². The first kappa shape index (κ1) is 11.2.